The summed E-state index contributed by atoms with van der Waals surface area (Å²) in [5, 5.41) is 0. The Bertz CT molecular complexity index is 351. The lowest BCUT2D eigenvalue weighted by Gasteiger charge is -2.41. The lowest BCUT2D eigenvalue weighted by atomic mass is 9.94. The second kappa shape index (κ2) is 5.70. The second-order valence-corrected chi connectivity index (χ2v) is 5.53. The van der Waals surface area contributed by atoms with Gasteiger partial charge < -0.3 is 4.90 Å². The van der Waals surface area contributed by atoms with Gasteiger partial charge in [0.05, 0.1) is 11.9 Å². The number of nitrogens with zero attached hydrogens (tertiary/aromatic N) is 3. The average molecular weight is 245 g/mol. The molecule has 1 aliphatic heterocycles. The smallest absolute Gasteiger partial charge is 0.0553 e. The third-order valence-electron chi connectivity index (χ3n) is 4.42. The molecule has 0 amide bonds. The van der Waals surface area contributed by atoms with Crippen molar-refractivity contribution in [3.63, 3.8) is 0 Å². The van der Waals surface area contributed by atoms with Gasteiger partial charge in [-0.05, 0) is 25.0 Å². The minimum absolute atomic E-state index is 0.870. The Hall–Kier alpha value is -1.09. The van der Waals surface area contributed by atoms with Crippen LogP contribution in [0.15, 0.2) is 24.5 Å². The van der Waals surface area contributed by atoms with Crippen LogP contribution in [0.25, 0.3) is 0 Å². The van der Waals surface area contributed by atoms with Crippen molar-refractivity contribution < 1.29 is 0 Å². The predicted molar refractivity (Wildman–Crippen MR) is 74.9 cm³/mol. The van der Waals surface area contributed by atoms with E-state index >= 15 is 0 Å². The first-order valence-corrected chi connectivity index (χ1v) is 7.32. The largest absolute Gasteiger partial charge is 0.368 e. The molecular weight excluding hydrogens is 222 g/mol. The SMILES string of the molecule is c1cncc(N2CCN(C3CCCCC3)CC2)c1. The lowest BCUT2D eigenvalue weighted by Crippen LogP contribution is -2.50. The van der Waals surface area contributed by atoms with Crippen molar-refractivity contribution in [3.8, 4) is 0 Å². The van der Waals surface area contributed by atoms with Crippen LogP contribution in [0, 0.1) is 0 Å². The first kappa shape index (κ1) is 12.0. The van der Waals surface area contributed by atoms with E-state index in [9.17, 15) is 0 Å². The van der Waals surface area contributed by atoms with Gasteiger partial charge in [0.15, 0.2) is 0 Å². The predicted octanol–water partition coefficient (Wildman–Crippen LogP) is 2.54. The molecule has 3 rings (SSSR count). The van der Waals surface area contributed by atoms with Crippen LogP contribution in [-0.4, -0.2) is 42.1 Å². The Labute approximate surface area is 110 Å². The number of pyridine rings is 1. The summed E-state index contributed by atoms with van der Waals surface area (Å²) >= 11 is 0. The number of rotatable bonds is 2. The van der Waals surface area contributed by atoms with E-state index in [4.69, 9.17) is 0 Å². The molecule has 0 atom stereocenters. The van der Waals surface area contributed by atoms with Crippen molar-refractivity contribution in [2.75, 3.05) is 31.1 Å². The van der Waals surface area contributed by atoms with Crippen LogP contribution in [0.5, 0.6) is 0 Å². The molecule has 18 heavy (non-hydrogen) atoms. The maximum atomic E-state index is 4.21. The molecule has 1 saturated heterocycles. The van der Waals surface area contributed by atoms with Crippen LogP contribution in [0.3, 0.4) is 0 Å². The van der Waals surface area contributed by atoms with E-state index in [0.29, 0.717) is 0 Å². The van der Waals surface area contributed by atoms with Gasteiger partial charge in [0, 0.05) is 38.4 Å². The minimum Gasteiger partial charge on any atom is -0.368 e. The van der Waals surface area contributed by atoms with Crippen molar-refractivity contribution in [2.24, 2.45) is 0 Å². The summed E-state index contributed by atoms with van der Waals surface area (Å²) in [4.78, 5) is 9.39. The summed E-state index contributed by atoms with van der Waals surface area (Å²) < 4.78 is 0. The highest BCUT2D eigenvalue weighted by atomic mass is 15.3. The van der Waals surface area contributed by atoms with Crippen LogP contribution in [0.1, 0.15) is 32.1 Å². The zero-order valence-electron chi connectivity index (χ0n) is 11.1. The number of piperazine rings is 1. The molecule has 0 spiro atoms. The summed E-state index contributed by atoms with van der Waals surface area (Å²) in [5.74, 6) is 0. The molecule has 3 heteroatoms. The lowest BCUT2D eigenvalue weighted by molar-refractivity contribution is 0.148. The van der Waals surface area contributed by atoms with Gasteiger partial charge in [-0.15, -0.1) is 0 Å². The number of hydrogen-bond acceptors (Lipinski definition) is 3. The fraction of sp³-hybridized carbons (Fsp3) is 0.667. The molecule has 2 aliphatic rings. The summed E-state index contributed by atoms with van der Waals surface area (Å²) in [6, 6.07) is 5.07. The van der Waals surface area contributed by atoms with Crippen molar-refractivity contribution in [3.05, 3.63) is 24.5 Å². The van der Waals surface area contributed by atoms with Gasteiger partial charge in [-0.25, -0.2) is 0 Å². The highest BCUT2D eigenvalue weighted by Crippen LogP contribution is 2.24. The fourth-order valence-corrected chi connectivity index (χ4v) is 3.33. The van der Waals surface area contributed by atoms with Gasteiger partial charge in [-0.1, -0.05) is 19.3 Å². The fourth-order valence-electron chi connectivity index (χ4n) is 3.33. The van der Waals surface area contributed by atoms with Crippen molar-refractivity contribution in [1.82, 2.24) is 9.88 Å². The molecule has 2 fully saturated rings. The summed E-state index contributed by atoms with van der Waals surface area (Å²) in [6.45, 7) is 4.75. The molecule has 1 saturated carbocycles. The molecule has 0 bridgehead atoms. The van der Waals surface area contributed by atoms with Gasteiger partial charge in [0.25, 0.3) is 0 Å². The quantitative estimate of drug-likeness (QED) is 0.798. The third-order valence-corrected chi connectivity index (χ3v) is 4.42. The monoisotopic (exact) mass is 245 g/mol. The van der Waals surface area contributed by atoms with E-state index in [0.717, 1.165) is 19.1 Å². The summed E-state index contributed by atoms with van der Waals surface area (Å²) in [5.41, 5.74) is 1.28. The number of aromatic nitrogens is 1. The molecule has 2 heterocycles. The molecule has 0 aromatic carbocycles. The van der Waals surface area contributed by atoms with E-state index < -0.39 is 0 Å². The maximum Gasteiger partial charge on any atom is 0.0553 e. The van der Waals surface area contributed by atoms with Gasteiger partial charge in [0.2, 0.25) is 0 Å². The zero-order valence-corrected chi connectivity index (χ0v) is 11.1. The third kappa shape index (κ3) is 2.66. The maximum absolute atomic E-state index is 4.21. The van der Waals surface area contributed by atoms with Crippen LogP contribution in [-0.2, 0) is 0 Å². The van der Waals surface area contributed by atoms with Crippen LogP contribution in [0.4, 0.5) is 5.69 Å². The van der Waals surface area contributed by atoms with Crippen molar-refractivity contribution in [2.45, 2.75) is 38.1 Å². The van der Waals surface area contributed by atoms with E-state index in [2.05, 4.69) is 20.9 Å². The van der Waals surface area contributed by atoms with Crippen LogP contribution >= 0.6 is 0 Å². The zero-order chi connectivity index (χ0) is 12.2. The molecular formula is C15H23N3. The Morgan fingerprint density at radius 2 is 1.78 bits per heavy atom. The van der Waals surface area contributed by atoms with E-state index in [1.54, 1.807) is 0 Å². The normalized spacial score (nSPS) is 23.2. The second-order valence-electron chi connectivity index (χ2n) is 5.53. The summed E-state index contributed by atoms with van der Waals surface area (Å²) in [7, 11) is 0. The summed E-state index contributed by atoms with van der Waals surface area (Å²) in [6.07, 6.45) is 11.0. The first-order chi connectivity index (χ1) is 8.93. The van der Waals surface area contributed by atoms with Gasteiger partial charge in [-0.3, -0.25) is 9.88 Å². The van der Waals surface area contributed by atoms with Crippen LogP contribution in [0.2, 0.25) is 0 Å². The molecule has 0 N–H and O–H groups in total. The molecule has 3 nitrogen and oxygen atoms in total. The van der Waals surface area contributed by atoms with Crippen molar-refractivity contribution in [1.29, 1.82) is 0 Å². The van der Waals surface area contributed by atoms with Crippen LogP contribution < -0.4 is 4.90 Å². The Morgan fingerprint density at radius 1 is 1.00 bits per heavy atom. The molecule has 0 radical (unpaired) electrons. The average Bonchev–Trinajstić information content (AvgIpc) is 2.49. The van der Waals surface area contributed by atoms with Gasteiger partial charge in [-0.2, -0.15) is 0 Å². The van der Waals surface area contributed by atoms with E-state index in [1.807, 2.05) is 18.5 Å². The molecule has 1 aromatic rings. The molecule has 1 aliphatic carbocycles. The first-order valence-electron chi connectivity index (χ1n) is 7.32. The van der Waals surface area contributed by atoms with E-state index in [-0.39, 0.29) is 0 Å². The standard InChI is InChI=1S/C15H23N3/c1-2-5-14(6-3-1)17-9-11-18(12-10-17)15-7-4-8-16-13-15/h4,7-8,13-14H,1-3,5-6,9-12H2. The Morgan fingerprint density at radius 3 is 2.44 bits per heavy atom. The van der Waals surface area contributed by atoms with E-state index in [1.165, 1.54) is 50.9 Å². The van der Waals surface area contributed by atoms with Gasteiger partial charge in [0.1, 0.15) is 0 Å². The molecule has 1 aromatic heterocycles. The Balaban J connectivity index is 1.54. The Kier molecular flexibility index (Phi) is 3.79. The minimum atomic E-state index is 0.870. The number of hydrogen-bond donors (Lipinski definition) is 0. The highest BCUT2D eigenvalue weighted by Gasteiger charge is 2.24. The molecule has 0 unspecified atom stereocenters. The topological polar surface area (TPSA) is 19.4 Å². The highest BCUT2D eigenvalue weighted by molar-refractivity contribution is 5.44. The molecule has 98 valence electrons. The van der Waals surface area contributed by atoms with Crippen molar-refractivity contribution >= 4 is 5.69 Å². The van der Waals surface area contributed by atoms with Gasteiger partial charge >= 0.3 is 0 Å². The number of anilines is 1.